The highest BCUT2D eigenvalue weighted by Crippen LogP contribution is 2.37. The van der Waals surface area contributed by atoms with Crippen molar-refractivity contribution < 1.29 is 9.32 Å². The van der Waals surface area contributed by atoms with Crippen molar-refractivity contribution in [1.82, 2.24) is 19.8 Å². The molecule has 1 aliphatic heterocycles. The molecule has 1 fully saturated rings. The molecule has 6 nitrogen and oxygen atoms in total. The van der Waals surface area contributed by atoms with Gasteiger partial charge in [0.25, 0.3) is 5.91 Å². The fourth-order valence-electron chi connectivity index (χ4n) is 3.06. The van der Waals surface area contributed by atoms with Crippen molar-refractivity contribution in [3.8, 4) is 0 Å². The molecule has 0 unspecified atom stereocenters. The van der Waals surface area contributed by atoms with Crippen LogP contribution in [-0.4, -0.2) is 32.3 Å². The molecule has 2 aromatic heterocycles. The Bertz CT molecular complexity index is 652. The molecular weight excluding hydrogens is 292 g/mol. The van der Waals surface area contributed by atoms with Gasteiger partial charge in [-0.2, -0.15) is 5.10 Å². The van der Waals surface area contributed by atoms with Crippen molar-refractivity contribution in [2.24, 2.45) is 7.05 Å². The van der Waals surface area contributed by atoms with E-state index in [1.165, 1.54) is 10.9 Å². The van der Waals surface area contributed by atoms with E-state index in [0.717, 1.165) is 29.9 Å². The SMILES string of the molecule is Cc1noc(C)c1[C@@H]1CCCN1C(=O)c1c(Cl)cnn1C. The van der Waals surface area contributed by atoms with Crippen molar-refractivity contribution in [3.05, 3.63) is 33.9 Å². The van der Waals surface area contributed by atoms with Gasteiger partial charge in [-0.25, -0.2) is 0 Å². The minimum atomic E-state index is -0.0949. The summed E-state index contributed by atoms with van der Waals surface area (Å²) in [4.78, 5) is 14.7. The van der Waals surface area contributed by atoms with Crippen LogP contribution >= 0.6 is 11.6 Å². The van der Waals surface area contributed by atoms with Gasteiger partial charge < -0.3 is 9.42 Å². The van der Waals surface area contributed by atoms with Crippen LogP contribution in [0.4, 0.5) is 0 Å². The van der Waals surface area contributed by atoms with E-state index >= 15 is 0 Å². The van der Waals surface area contributed by atoms with E-state index < -0.39 is 0 Å². The highest BCUT2D eigenvalue weighted by atomic mass is 35.5. The Kier molecular flexibility index (Phi) is 3.49. The molecule has 0 radical (unpaired) electrons. The third-order valence-corrected chi connectivity index (χ3v) is 4.31. The van der Waals surface area contributed by atoms with Gasteiger partial charge in [0.1, 0.15) is 11.5 Å². The van der Waals surface area contributed by atoms with E-state index in [1.807, 2.05) is 18.7 Å². The van der Waals surface area contributed by atoms with Gasteiger partial charge in [-0.1, -0.05) is 16.8 Å². The number of amides is 1. The number of aromatic nitrogens is 3. The monoisotopic (exact) mass is 308 g/mol. The van der Waals surface area contributed by atoms with Gasteiger partial charge in [0.15, 0.2) is 0 Å². The van der Waals surface area contributed by atoms with E-state index in [1.54, 1.807) is 7.05 Å². The molecule has 112 valence electrons. The third-order valence-electron chi connectivity index (χ3n) is 4.03. The van der Waals surface area contributed by atoms with Crippen LogP contribution in [-0.2, 0) is 7.05 Å². The van der Waals surface area contributed by atoms with Crippen LogP contribution in [0.3, 0.4) is 0 Å². The normalized spacial score (nSPS) is 18.5. The van der Waals surface area contributed by atoms with E-state index in [2.05, 4.69) is 10.3 Å². The van der Waals surface area contributed by atoms with Crippen molar-refractivity contribution in [2.45, 2.75) is 32.7 Å². The standard InChI is InChI=1S/C14H17ClN4O2/c1-8-12(9(2)21-17-8)11-5-4-6-19(11)14(20)13-10(15)7-16-18(13)3/h7,11H,4-6H2,1-3H3/t11-/m0/s1. The zero-order chi connectivity index (χ0) is 15.1. The molecule has 3 rings (SSSR count). The molecule has 7 heteroatoms. The van der Waals surface area contributed by atoms with Gasteiger partial charge in [0, 0.05) is 19.2 Å². The third kappa shape index (κ3) is 2.23. The number of halogens is 1. The Morgan fingerprint density at radius 2 is 2.24 bits per heavy atom. The number of hydrogen-bond acceptors (Lipinski definition) is 4. The summed E-state index contributed by atoms with van der Waals surface area (Å²) in [6.45, 7) is 4.49. The number of rotatable bonds is 2. The van der Waals surface area contributed by atoms with Gasteiger partial charge in [-0.05, 0) is 26.7 Å². The largest absolute Gasteiger partial charge is 0.361 e. The predicted molar refractivity (Wildman–Crippen MR) is 77.2 cm³/mol. The zero-order valence-electron chi connectivity index (χ0n) is 12.3. The summed E-state index contributed by atoms with van der Waals surface area (Å²) in [7, 11) is 1.72. The maximum atomic E-state index is 12.8. The smallest absolute Gasteiger partial charge is 0.274 e. The molecule has 2 aromatic rings. The van der Waals surface area contributed by atoms with Gasteiger partial charge >= 0.3 is 0 Å². The van der Waals surface area contributed by atoms with Gasteiger partial charge in [-0.15, -0.1) is 0 Å². The minimum Gasteiger partial charge on any atom is -0.361 e. The molecule has 0 saturated carbocycles. The fourth-order valence-corrected chi connectivity index (χ4v) is 3.31. The quantitative estimate of drug-likeness (QED) is 0.855. The molecule has 1 amide bonds. The first kappa shape index (κ1) is 14.1. The average Bonchev–Trinajstić information content (AvgIpc) is 3.11. The first-order valence-corrected chi connectivity index (χ1v) is 7.29. The Hall–Kier alpha value is -1.82. The van der Waals surface area contributed by atoms with E-state index in [9.17, 15) is 4.79 Å². The van der Waals surface area contributed by atoms with E-state index in [4.69, 9.17) is 16.1 Å². The lowest BCUT2D eigenvalue weighted by Crippen LogP contribution is -2.32. The summed E-state index contributed by atoms with van der Waals surface area (Å²) in [6, 6.07) is -0.00489. The lowest BCUT2D eigenvalue weighted by Gasteiger charge is -2.24. The lowest BCUT2D eigenvalue weighted by molar-refractivity contribution is 0.0723. The summed E-state index contributed by atoms with van der Waals surface area (Å²) in [5.74, 6) is 0.677. The van der Waals surface area contributed by atoms with Crippen molar-refractivity contribution >= 4 is 17.5 Å². The summed E-state index contributed by atoms with van der Waals surface area (Å²) in [6.07, 6.45) is 3.36. The highest BCUT2D eigenvalue weighted by molar-refractivity contribution is 6.33. The fraction of sp³-hybridized carbons (Fsp3) is 0.500. The number of aryl methyl sites for hydroxylation is 3. The maximum absolute atomic E-state index is 12.8. The lowest BCUT2D eigenvalue weighted by atomic mass is 10.0. The number of nitrogens with zero attached hydrogens (tertiary/aromatic N) is 4. The van der Waals surface area contributed by atoms with Crippen LogP contribution in [0, 0.1) is 13.8 Å². The molecule has 0 spiro atoms. The molecule has 1 saturated heterocycles. The van der Waals surface area contributed by atoms with Crippen LogP contribution < -0.4 is 0 Å². The van der Waals surface area contributed by atoms with Crippen LogP contribution in [0.15, 0.2) is 10.7 Å². The predicted octanol–water partition coefficient (Wildman–Crippen LogP) is 2.66. The molecule has 3 heterocycles. The number of carbonyl (C=O) groups excluding carboxylic acids is 1. The molecule has 0 N–H and O–H groups in total. The Morgan fingerprint density at radius 3 is 2.81 bits per heavy atom. The van der Waals surface area contributed by atoms with Crippen molar-refractivity contribution in [2.75, 3.05) is 6.54 Å². The topological polar surface area (TPSA) is 64.2 Å². The molecule has 1 aliphatic rings. The highest BCUT2D eigenvalue weighted by Gasteiger charge is 2.35. The van der Waals surface area contributed by atoms with Crippen LogP contribution in [0.25, 0.3) is 0 Å². The van der Waals surface area contributed by atoms with Crippen molar-refractivity contribution in [3.63, 3.8) is 0 Å². The second-order valence-electron chi connectivity index (χ2n) is 5.36. The second-order valence-corrected chi connectivity index (χ2v) is 5.77. The summed E-state index contributed by atoms with van der Waals surface area (Å²) >= 11 is 6.09. The van der Waals surface area contributed by atoms with E-state index in [-0.39, 0.29) is 11.9 Å². The summed E-state index contributed by atoms with van der Waals surface area (Å²) < 4.78 is 6.76. The molecule has 1 atom stereocenters. The van der Waals surface area contributed by atoms with E-state index in [0.29, 0.717) is 17.3 Å². The van der Waals surface area contributed by atoms with Crippen LogP contribution in [0.5, 0.6) is 0 Å². The Morgan fingerprint density at radius 1 is 1.48 bits per heavy atom. The minimum absolute atomic E-state index is 0.00489. The van der Waals surface area contributed by atoms with Gasteiger partial charge in [-0.3, -0.25) is 9.48 Å². The van der Waals surface area contributed by atoms with Gasteiger partial charge in [0.2, 0.25) is 0 Å². The first-order valence-electron chi connectivity index (χ1n) is 6.92. The number of hydrogen-bond donors (Lipinski definition) is 0. The molecule has 0 aliphatic carbocycles. The summed E-state index contributed by atoms with van der Waals surface area (Å²) in [5.41, 5.74) is 2.28. The summed E-state index contributed by atoms with van der Waals surface area (Å²) in [5, 5.41) is 8.42. The van der Waals surface area contributed by atoms with Crippen LogP contribution in [0.1, 0.15) is 46.4 Å². The molecular formula is C14H17ClN4O2. The Labute approximate surface area is 127 Å². The maximum Gasteiger partial charge on any atom is 0.274 e. The number of carbonyl (C=O) groups is 1. The molecule has 21 heavy (non-hydrogen) atoms. The average molecular weight is 309 g/mol. The number of likely N-dealkylation sites (tertiary alicyclic amines) is 1. The molecule has 0 aromatic carbocycles. The molecule has 0 bridgehead atoms. The first-order chi connectivity index (χ1) is 10.0. The van der Waals surface area contributed by atoms with Crippen molar-refractivity contribution in [1.29, 1.82) is 0 Å². The van der Waals surface area contributed by atoms with Crippen LogP contribution in [0.2, 0.25) is 5.02 Å². The van der Waals surface area contributed by atoms with Gasteiger partial charge in [0.05, 0.1) is 23.0 Å². The second kappa shape index (κ2) is 5.18. The Balaban J connectivity index is 1.97. The zero-order valence-corrected chi connectivity index (χ0v) is 13.0.